The second kappa shape index (κ2) is 5.30. The van der Waals surface area contributed by atoms with Crippen LogP contribution in [0.5, 0.6) is 0 Å². The van der Waals surface area contributed by atoms with Gasteiger partial charge in [0.05, 0.1) is 6.07 Å². The molecule has 1 aliphatic heterocycles. The second-order valence-electron chi connectivity index (χ2n) is 4.04. The van der Waals surface area contributed by atoms with E-state index in [1.165, 1.54) is 0 Å². The topological polar surface area (TPSA) is 48.3 Å². The third-order valence-electron chi connectivity index (χ3n) is 2.58. The highest BCUT2D eigenvalue weighted by Crippen LogP contribution is 2.19. The predicted octanol–water partition coefficient (Wildman–Crippen LogP) is 0.210. The van der Waals surface area contributed by atoms with E-state index in [4.69, 9.17) is 10.00 Å². The molecular formula is C10H19N3O. The van der Waals surface area contributed by atoms with Crippen molar-refractivity contribution in [3.8, 4) is 6.07 Å². The highest BCUT2D eigenvalue weighted by Gasteiger charge is 2.31. The summed E-state index contributed by atoms with van der Waals surface area (Å²) < 4.78 is 5.25. The Kier molecular flexibility index (Phi) is 4.33. The van der Waals surface area contributed by atoms with Crippen molar-refractivity contribution in [3.05, 3.63) is 0 Å². The van der Waals surface area contributed by atoms with E-state index in [0.29, 0.717) is 13.2 Å². The first-order valence-corrected chi connectivity index (χ1v) is 5.07. The van der Waals surface area contributed by atoms with Crippen molar-refractivity contribution in [2.24, 2.45) is 0 Å². The number of nitrogens with one attached hydrogen (secondary N) is 1. The summed E-state index contributed by atoms with van der Waals surface area (Å²) >= 11 is 0. The van der Waals surface area contributed by atoms with E-state index < -0.39 is 0 Å². The van der Waals surface area contributed by atoms with E-state index in [1.54, 1.807) is 0 Å². The molecule has 1 saturated heterocycles. The van der Waals surface area contributed by atoms with Gasteiger partial charge in [0.15, 0.2) is 0 Å². The van der Waals surface area contributed by atoms with Crippen LogP contribution >= 0.6 is 0 Å². The first-order chi connectivity index (χ1) is 6.68. The number of rotatable bonds is 4. The fourth-order valence-electron chi connectivity index (χ4n) is 1.57. The lowest BCUT2D eigenvalue weighted by atomic mass is 9.92. The van der Waals surface area contributed by atoms with Crippen LogP contribution in [0.15, 0.2) is 0 Å². The minimum Gasteiger partial charge on any atom is -0.381 e. The lowest BCUT2D eigenvalue weighted by Gasteiger charge is -2.32. The molecule has 4 heteroatoms. The van der Waals surface area contributed by atoms with Crippen molar-refractivity contribution < 1.29 is 4.74 Å². The maximum Gasteiger partial charge on any atom is 0.111 e. The minimum atomic E-state index is -0.339. The Labute approximate surface area is 85.8 Å². The third kappa shape index (κ3) is 3.26. The van der Waals surface area contributed by atoms with Gasteiger partial charge >= 0.3 is 0 Å². The van der Waals surface area contributed by atoms with Crippen molar-refractivity contribution in [1.29, 1.82) is 5.26 Å². The normalized spacial score (nSPS) is 20.7. The molecule has 14 heavy (non-hydrogen) atoms. The molecule has 0 spiro atoms. The molecule has 1 rings (SSSR count). The zero-order valence-corrected chi connectivity index (χ0v) is 9.05. The number of nitriles is 1. The SMILES string of the molecule is CN(C)CCNC1(C#N)CCOCC1. The zero-order valence-electron chi connectivity index (χ0n) is 9.05. The van der Waals surface area contributed by atoms with Gasteiger partial charge < -0.3 is 9.64 Å². The largest absolute Gasteiger partial charge is 0.381 e. The summed E-state index contributed by atoms with van der Waals surface area (Å²) in [6.45, 7) is 3.22. The molecule has 1 fully saturated rings. The van der Waals surface area contributed by atoms with Gasteiger partial charge in [0, 0.05) is 39.1 Å². The molecule has 0 saturated carbocycles. The molecule has 0 aromatic heterocycles. The summed E-state index contributed by atoms with van der Waals surface area (Å²) in [6.07, 6.45) is 1.61. The van der Waals surface area contributed by atoms with Gasteiger partial charge in [-0.25, -0.2) is 0 Å². The number of hydrogen-bond donors (Lipinski definition) is 1. The highest BCUT2D eigenvalue weighted by molar-refractivity contribution is 5.08. The predicted molar refractivity (Wildman–Crippen MR) is 55.0 cm³/mol. The summed E-state index contributed by atoms with van der Waals surface area (Å²) in [7, 11) is 4.06. The van der Waals surface area contributed by atoms with Gasteiger partial charge in [-0.15, -0.1) is 0 Å². The number of ether oxygens (including phenoxy) is 1. The lowest BCUT2D eigenvalue weighted by molar-refractivity contribution is 0.0575. The molecule has 0 amide bonds. The van der Waals surface area contributed by atoms with Crippen LogP contribution < -0.4 is 5.32 Å². The average molecular weight is 197 g/mol. The molecule has 1 aliphatic rings. The Balaban J connectivity index is 2.34. The summed E-state index contributed by atoms with van der Waals surface area (Å²) in [5, 5.41) is 12.5. The van der Waals surface area contributed by atoms with E-state index in [0.717, 1.165) is 25.9 Å². The first kappa shape index (κ1) is 11.4. The van der Waals surface area contributed by atoms with Crippen LogP contribution in [0.1, 0.15) is 12.8 Å². The number of nitrogens with zero attached hydrogens (tertiary/aromatic N) is 2. The van der Waals surface area contributed by atoms with Crippen molar-refractivity contribution >= 4 is 0 Å². The second-order valence-corrected chi connectivity index (χ2v) is 4.04. The quantitative estimate of drug-likeness (QED) is 0.700. The number of likely N-dealkylation sites (N-methyl/N-ethyl adjacent to an activating group) is 1. The van der Waals surface area contributed by atoms with Gasteiger partial charge in [-0.3, -0.25) is 5.32 Å². The van der Waals surface area contributed by atoms with Crippen molar-refractivity contribution in [2.75, 3.05) is 40.4 Å². The monoisotopic (exact) mass is 197 g/mol. The molecule has 0 aliphatic carbocycles. The number of hydrogen-bond acceptors (Lipinski definition) is 4. The molecule has 0 bridgehead atoms. The van der Waals surface area contributed by atoms with E-state index in [2.05, 4.69) is 16.3 Å². The average Bonchev–Trinajstić information content (AvgIpc) is 2.19. The van der Waals surface area contributed by atoms with E-state index >= 15 is 0 Å². The third-order valence-corrected chi connectivity index (χ3v) is 2.58. The fourth-order valence-corrected chi connectivity index (χ4v) is 1.57. The van der Waals surface area contributed by atoms with Gasteiger partial charge in [0.1, 0.15) is 5.54 Å². The molecule has 0 atom stereocenters. The summed E-state index contributed by atoms with van der Waals surface area (Å²) in [6, 6.07) is 2.38. The fraction of sp³-hybridized carbons (Fsp3) is 0.900. The van der Waals surface area contributed by atoms with E-state index in [-0.39, 0.29) is 5.54 Å². The Bertz CT molecular complexity index is 204. The summed E-state index contributed by atoms with van der Waals surface area (Å²) in [5.41, 5.74) is -0.339. The Morgan fingerprint density at radius 1 is 1.43 bits per heavy atom. The van der Waals surface area contributed by atoms with Gasteiger partial charge in [0.25, 0.3) is 0 Å². The molecule has 0 unspecified atom stereocenters. The molecule has 0 radical (unpaired) electrons. The van der Waals surface area contributed by atoms with Crippen LogP contribution in [0.4, 0.5) is 0 Å². The summed E-state index contributed by atoms with van der Waals surface area (Å²) in [5.74, 6) is 0. The smallest absolute Gasteiger partial charge is 0.111 e. The van der Waals surface area contributed by atoms with Crippen molar-refractivity contribution in [2.45, 2.75) is 18.4 Å². The van der Waals surface area contributed by atoms with Crippen molar-refractivity contribution in [3.63, 3.8) is 0 Å². The maximum absolute atomic E-state index is 9.13. The maximum atomic E-state index is 9.13. The minimum absolute atomic E-state index is 0.339. The van der Waals surface area contributed by atoms with E-state index in [1.807, 2.05) is 14.1 Å². The van der Waals surface area contributed by atoms with Crippen molar-refractivity contribution in [1.82, 2.24) is 10.2 Å². The van der Waals surface area contributed by atoms with Crippen LogP contribution in [0.2, 0.25) is 0 Å². The molecule has 0 aromatic carbocycles. The summed E-state index contributed by atoms with van der Waals surface area (Å²) in [4.78, 5) is 2.11. The van der Waals surface area contributed by atoms with Crippen LogP contribution in [0, 0.1) is 11.3 Å². The highest BCUT2D eigenvalue weighted by atomic mass is 16.5. The van der Waals surface area contributed by atoms with Gasteiger partial charge in [-0.1, -0.05) is 0 Å². The van der Waals surface area contributed by atoms with Gasteiger partial charge in [-0.05, 0) is 14.1 Å². The van der Waals surface area contributed by atoms with Crippen LogP contribution in [0.25, 0.3) is 0 Å². The van der Waals surface area contributed by atoms with Crippen LogP contribution in [0.3, 0.4) is 0 Å². The molecule has 4 nitrogen and oxygen atoms in total. The van der Waals surface area contributed by atoms with Gasteiger partial charge in [-0.2, -0.15) is 5.26 Å². The molecular weight excluding hydrogens is 178 g/mol. The first-order valence-electron chi connectivity index (χ1n) is 5.07. The molecule has 1 heterocycles. The Morgan fingerprint density at radius 2 is 2.07 bits per heavy atom. The Morgan fingerprint density at radius 3 is 2.57 bits per heavy atom. The van der Waals surface area contributed by atoms with Crippen LogP contribution in [-0.2, 0) is 4.74 Å². The molecule has 80 valence electrons. The van der Waals surface area contributed by atoms with Crippen LogP contribution in [-0.4, -0.2) is 50.8 Å². The zero-order chi connectivity index (χ0) is 10.4. The molecule has 1 N–H and O–H groups in total. The standard InChI is InChI=1S/C10H19N3O/c1-13(2)6-5-12-10(9-11)3-7-14-8-4-10/h12H,3-8H2,1-2H3. The lowest BCUT2D eigenvalue weighted by Crippen LogP contribution is -2.50. The Hall–Kier alpha value is -0.630. The van der Waals surface area contributed by atoms with Gasteiger partial charge in [0.2, 0.25) is 0 Å². The molecule has 0 aromatic rings. The van der Waals surface area contributed by atoms with E-state index in [9.17, 15) is 0 Å².